The van der Waals surface area contributed by atoms with Gasteiger partial charge in [0.25, 0.3) is 0 Å². The molecule has 1 saturated carbocycles. The van der Waals surface area contributed by atoms with Gasteiger partial charge in [0.15, 0.2) is 0 Å². The number of hydrogen-bond acceptors (Lipinski definition) is 3. The lowest BCUT2D eigenvalue weighted by molar-refractivity contribution is -0.156. The lowest BCUT2D eigenvalue weighted by atomic mass is 9.73. The topological polar surface area (TPSA) is 66.8 Å². The zero-order valence-electron chi connectivity index (χ0n) is 12.2. The van der Waals surface area contributed by atoms with Gasteiger partial charge < -0.3 is 14.7 Å². The van der Waals surface area contributed by atoms with Crippen molar-refractivity contribution in [2.75, 3.05) is 20.2 Å². The zero-order valence-corrected chi connectivity index (χ0v) is 12.2. The number of carboxylic acids is 1. The van der Waals surface area contributed by atoms with Crippen LogP contribution in [0.25, 0.3) is 0 Å². The van der Waals surface area contributed by atoms with E-state index in [4.69, 9.17) is 9.84 Å². The molecule has 1 aliphatic rings. The highest BCUT2D eigenvalue weighted by atomic mass is 16.5. The van der Waals surface area contributed by atoms with Gasteiger partial charge >= 0.3 is 5.97 Å². The van der Waals surface area contributed by atoms with Gasteiger partial charge in [0.2, 0.25) is 5.91 Å². The highest BCUT2D eigenvalue weighted by Gasteiger charge is 2.42. The summed E-state index contributed by atoms with van der Waals surface area (Å²) in [7, 11) is 1.72. The lowest BCUT2D eigenvalue weighted by Gasteiger charge is -2.35. The first-order valence-electron chi connectivity index (χ1n) is 7.25. The molecule has 0 spiro atoms. The van der Waals surface area contributed by atoms with Gasteiger partial charge in [-0.1, -0.05) is 18.2 Å². The SMILES string of the molecule is CN(CCCOc1ccccc1)C(=O)C1CCC1C(=O)O. The molecule has 0 bridgehead atoms. The quantitative estimate of drug-likeness (QED) is 0.781. The van der Waals surface area contributed by atoms with Crippen LogP contribution >= 0.6 is 0 Å². The lowest BCUT2D eigenvalue weighted by Crippen LogP contribution is -2.45. The van der Waals surface area contributed by atoms with Crippen molar-refractivity contribution in [1.29, 1.82) is 0 Å². The van der Waals surface area contributed by atoms with Crippen LogP contribution in [0.1, 0.15) is 19.3 Å². The van der Waals surface area contributed by atoms with E-state index in [0.29, 0.717) is 26.0 Å². The Kier molecular flexibility index (Phi) is 5.20. The third-order valence-corrected chi connectivity index (χ3v) is 3.93. The average Bonchev–Trinajstić information content (AvgIpc) is 2.42. The molecule has 2 atom stereocenters. The Labute approximate surface area is 124 Å². The number of carbonyl (C=O) groups excluding carboxylic acids is 1. The molecule has 2 rings (SSSR count). The van der Waals surface area contributed by atoms with Crippen molar-refractivity contribution in [3.05, 3.63) is 30.3 Å². The number of nitrogens with zero attached hydrogens (tertiary/aromatic N) is 1. The maximum Gasteiger partial charge on any atom is 0.307 e. The molecule has 0 heterocycles. The summed E-state index contributed by atoms with van der Waals surface area (Å²) < 4.78 is 5.56. The van der Waals surface area contributed by atoms with Crippen LogP contribution < -0.4 is 4.74 Å². The first-order chi connectivity index (χ1) is 10.1. The Bertz CT molecular complexity index is 488. The van der Waals surface area contributed by atoms with Crippen molar-refractivity contribution in [3.8, 4) is 5.75 Å². The summed E-state index contributed by atoms with van der Waals surface area (Å²) >= 11 is 0. The highest BCUT2D eigenvalue weighted by Crippen LogP contribution is 2.35. The molecule has 1 amide bonds. The molecule has 1 aromatic rings. The molecule has 2 unspecified atom stereocenters. The van der Waals surface area contributed by atoms with Gasteiger partial charge in [0.05, 0.1) is 18.4 Å². The number of carboxylic acid groups (broad SMARTS) is 1. The van der Waals surface area contributed by atoms with Crippen LogP contribution in [-0.2, 0) is 9.59 Å². The predicted octanol–water partition coefficient (Wildman–Crippen LogP) is 2.02. The first kappa shape index (κ1) is 15.4. The van der Waals surface area contributed by atoms with Crippen LogP contribution in [0.3, 0.4) is 0 Å². The molecule has 0 saturated heterocycles. The van der Waals surface area contributed by atoms with Gasteiger partial charge in [-0.2, -0.15) is 0 Å². The maximum atomic E-state index is 12.1. The van der Waals surface area contributed by atoms with Crippen LogP contribution in [0.5, 0.6) is 5.75 Å². The van der Waals surface area contributed by atoms with E-state index in [9.17, 15) is 9.59 Å². The smallest absolute Gasteiger partial charge is 0.307 e. The van der Waals surface area contributed by atoms with Gasteiger partial charge in [0.1, 0.15) is 5.75 Å². The molecular weight excluding hydrogens is 270 g/mol. The third kappa shape index (κ3) is 3.97. The van der Waals surface area contributed by atoms with E-state index in [1.165, 1.54) is 0 Å². The molecule has 0 aromatic heterocycles. The minimum absolute atomic E-state index is 0.0617. The number of hydrogen-bond donors (Lipinski definition) is 1. The van der Waals surface area contributed by atoms with E-state index >= 15 is 0 Å². The standard InChI is InChI=1S/C16H21NO4/c1-17(15(18)13-8-9-14(13)16(19)20)10-5-11-21-12-6-3-2-4-7-12/h2-4,6-7,13-14H,5,8-11H2,1H3,(H,19,20). The summed E-state index contributed by atoms with van der Waals surface area (Å²) in [5.41, 5.74) is 0. The zero-order chi connectivity index (χ0) is 15.2. The Balaban J connectivity index is 1.68. The molecule has 21 heavy (non-hydrogen) atoms. The Hall–Kier alpha value is -2.04. The monoisotopic (exact) mass is 291 g/mol. The number of amides is 1. The van der Waals surface area contributed by atoms with Gasteiger partial charge in [-0.05, 0) is 31.4 Å². The Morgan fingerprint density at radius 1 is 1.24 bits per heavy atom. The molecule has 1 N–H and O–H groups in total. The van der Waals surface area contributed by atoms with Crippen molar-refractivity contribution < 1.29 is 19.4 Å². The van der Waals surface area contributed by atoms with Crippen molar-refractivity contribution in [2.45, 2.75) is 19.3 Å². The van der Waals surface area contributed by atoms with Gasteiger partial charge in [0, 0.05) is 13.6 Å². The van der Waals surface area contributed by atoms with Crippen molar-refractivity contribution in [3.63, 3.8) is 0 Å². The Morgan fingerprint density at radius 2 is 1.90 bits per heavy atom. The predicted molar refractivity (Wildman–Crippen MR) is 78.0 cm³/mol. The van der Waals surface area contributed by atoms with Gasteiger partial charge in [-0.3, -0.25) is 9.59 Å². The van der Waals surface area contributed by atoms with Crippen LogP contribution in [0.2, 0.25) is 0 Å². The average molecular weight is 291 g/mol. The van der Waals surface area contributed by atoms with E-state index in [2.05, 4.69) is 0 Å². The minimum atomic E-state index is -0.861. The highest BCUT2D eigenvalue weighted by molar-refractivity contribution is 5.86. The van der Waals surface area contributed by atoms with Crippen molar-refractivity contribution in [1.82, 2.24) is 4.90 Å². The molecular formula is C16H21NO4. The maximum absolute atomic E-state index is 12.1. The number of carbonyl (C=O) groups is 2. The summed E-state index contributed by atoms with van der Waals surface area (Å²) in [6, 6.07) is 9.53. The summed E-state index contributed by atoms with van der Waals surface area (Å²) in [5.74, 6) is -0.951. The van der Waals surface area contributed by atoms with E-state index < -0.39 is 11.9 Å². The van der Waals surface area contributed by atoms with Gasteiger partial charge in [-0.15, -0.1) is 0 Å². The number of para-hydroxylation sites is 1. The van der Waals surface area contributed by atoms with Crippen molar-refractivity contribution >= 4 is 11.9 Å². The van der Waals surface area contributed by atoms with E-state index in [1.807, 2.05) is 30.3 Å². The fourth-order valence-corrected chi connectivity index (χ4v) is 2.49. The molecule has 0 radical (unpaired) electrons. The molecule has 0 aliphatic heterocycles. The van der Waals surface area contributed by atoms with Crippen molar-refractivity contribution in [2.24, 2.45) is 11.8 Å². The largest absolute Gasteiger partial charge is 0.494 e. The molecule has 1 aliphatic carbocycles. The summed E-state index contributed by atoms with van der Waals surface area (Å²) in [5, 5.41) is 8.98. The van der Waals surface area contributed by atoms with Crippen LogP contribution in [0, 0.1) is 11.8 Å². The first-order valence-corrected chi connectivity index (χ1v) is 7.25. The normalized spacial score (nSPS) is 20.4. The van der Waals surface area contributed by atoms with Crippen LogP contribution in [0.4, 0.5) is 0 Å². The van der Waals surface area contributed by atoms with E-state index in [0.717, 1.165) is 12.2 Å². The van der Waals surface area contributed by atoms with E-state index in [-0.39, 0.29) is 11.8 Å². The number of benzene rings is 1. The minimum Gasteiger partial charge on any atom is -0.494 e. The molecule has 5 heteroatoms. The van der Waals surface area contributed by atoms with Gasteiger partial charge in [-0.25, -0.2) is 0 Å². The van der Waals surface area contributed by atoms with E-state index in [1.54, 1.807) is 11.9 Å². The Morgan fingerprint density at radius 3 is 2.48 bits per heavy atom. The fraction of sp³-hybridized carbons (Fsp3) is 0.500. The molecule has 5 nitrogen and oxygen atoms in total. The molecule has 114 valence electrons. The third-order valence-electron chi connectivity index (χ3n) is 3.93. The molecule has 1 fully saturated rings. The summed E-state index contributed by atoms with van der Waals surface area (Å²) in [4.78, 5) is 24.7. The fourth-order valence-electron chi connectivity index (χ4n) is 2.49. The number of ether oxygens (including phenoxy) is 1. The molecule has 1 aromatic carbocycles. The van der Waals surface area contributed by atoms with Crippen LogP contribution in [-0.4, -0.2) is 42.1 Å². The second kappa shape index (κ2) is 7.11. The number of rotatable bonds is 7. The van der Waals surface area contributed by atoms with Crippen LogP contribution in [0.15, 0.2) is 30.3 Å². The number of aliphatic carboxylic acids is 1. The summed E-state index contributed by atoms with van der Waals surface area (Å²) in [6.07, 6.45) is 2.01. The second-order valence-corrected chi connectivity index (χ2v) is 5.40. The summed E-state index contributed by atoms with van der Waals surface area (Å²) in [6.45, 7) is 1.11. The second-order valence-electron chi connectivity index (χ2n) is 5.40.